The Balaban J connectivity index is 2.03. The molecule has 1 unspecified atom stereocenters. The van der Waals surface area contributed by atoms with Crippen molar-refractivity contribution >= 4 is 29.7 Å². The molecule has 0 spiro atoms. The van der Waals surface area contributed by atoms with Crippen molar-refractivity contribution in [2.75, 3.05) is 0 Å². The molecule has 1 aliphatic heterocycles. The third-order valence-electron chi connectivity index (χ3n) is 3.94. The van der Waals surface area contributed by atoms with Crippen LogP contribution in [0.1, 0.15) is 11.1 Å². The third-order valence-corrected chi connectivity index (χ3v) is 4.23. The fourth-order valence-electron chi connectivity index (χ4n) is 2.59. The van der Waals surface area contributed by atoms with Crippen LogP contribution in [-0.2, 0) is 4.79 Å². The Bertz CT molecular complexity index is 1050. The van der Waals surface area contributed by atoms with Crippen molar-refractivity contribution in [3.8, 4) is 17.2 Å². The highest BCUT2D eigenvalue weighted by atomic mass is 35.5. The summed E-state index contributed by atoms with van der Waals surface area (Å²) in [6.45, 7) is 3.33. The monoisotopic (exact) mass is 432 g/mol. The summed E-state index contributed by atoms with van der Waals surface area (Å²) in [4.78, 5) is 11.1. The van der Waals surface area contributed by atoms with Gasteiger partial charge in [0.15, 0.2) is 11.6 Å². The number of rotatable bonds is 4. The van der Waals surface area contributed by atoms with Gasteiger partial charge < -0.3 is 14.6 Å². The van der Waals surface area contributed by atoms with Crippen molar-refractivity contribution in [3.63, 3.8) is 0 Å². The second kappa shape index (κ2) is 7.40. The lowest BCUT2D eigenvalue weighted by Crippen LogP contribution is -2.40. The van der Waals surface area contributed by atoms with E-state index in [4.69, 9.17) is 26.2 Å². The fraction of sp³-hybridized carbons (Fsp3) is 0.105. The quantitative estimate of drug-likeness (QED) is 0.616. The van der Waals surface area contributed by atoms with Gasteiger partial charge in [0.2, 0.25) is 6.10 Å². The number of benzene rings is 2. The number of ether oxygens (including phenoxy) is 2. The van der Waals surface area contributed by atoms with E-state index in [9.17, 15) is 26.7 Å². The highest BCUT2D eigenvalue weighted by Gasteiger charge is 2.48. The minimum absolute atomic E-state index is 0.0473. The van der Waals surface area contributed by atoms with Crippen molar-refractivity contribution < 1.29 is 41.3 Å². The lowest BCUT2D eigenvalue weighted by Gasteiger charge is -2.27. The molecule has 1 atom stereocenters. The molecule has 0 aromatic heterocycles. The first-order valence-electron chi connectivity index (χ1n) is 7.82. The number of halogens is 6. The maximum atomic E-state index is 14.1. The molecule has 0 fully saturated rings. The predicted octanol–water partition coefficient (Wildman–Crippen LogP) is 5.84. The summed E-state index contributed by atoms with van der Waals surface area (Å²) in [5.41, 5.74) is -1.19. The number of aliphatic carboxylic acids is 1. The van der Waals surface area contributed by atoms with Crippen LogP contribution in [0.2, 0.25) is 5.02 Å². The summed E-state index contributed by atoms with van der Waals surface area (Å²) in [6, 6.07) is 3.57. The average molecular weight is 433 g/mol. The van der Waals surface area contributed by atoms with Gasteiger partial charge in [-0.25, -0.2) is 13.6 Å². The summed E-state index contributed by atoms with van der Waals surface area (Å²) in [5.74, 6) is -4.89. The lowest BCUT2D eigenvalue weighted by atomic mass is 10.0. The number of carboxylic acid groups (broad SMARTS) is 1. The summed E-state index contributed by atoms with van der Waals surface area (Å²) in [7, 11) is 0. The standard InChI is InChI=1S/C19H10ClF5O4/c1-2-8-5-13(22)16(6-12(8)21)28-15-7-14-9(4-11(15)20)3-10(18(26)27)17(29-14)19(23,24)25/h2-7,17H,1H2,(H,26,27). The molecule has 29 heavy (non-hydrogen) atoms. The van der Waals surface area contributed by atoms with Gasteiger partial charge in [-0.3, -0.25) is 0 Å². The average Bonchev–Trinajstić information content (AvgIpc) is 2.63. The van der Waals surface area contributed by atoms with Crippen molar-refractivity contribution in [1.29, 1.82) is 0 Å². The molecule has 0 radical (unpaired) electrons. The first kappa shape index (κ1) is 20.7. The van der Waals surface area contributed by atoms with Crippen molar-refractivity contribution in [2.24, 2.45) is 0 Å². The second-order valence-electron chi connectivity index (χ2n) is 5.88. The number of hydrogen-bond donors (Lipinski definition) is 1. The highest BCUT2D eigenvalue weighted by Crippen LogP contribution is 2.43. The van der Waals surface area contributed by atoms with Gasteiger partial charge in [0.25, 0.3) is 0 Å². The van der Waals surface area contributed by atoms with E-state index in [1.54, 1.807) is 0 Å². The predicted molar refractivity (Wildman–Crippen MR) is 94.1 cm³/mol. The van der Waals surface area contributed by atoms with Gasteiger partial charge in [-0.2, -0.15) is 13.2 Å². The molecule has 3 rings (SSSR count). The Labute approximate surface area is 165 Å². The van der Waals surface area contributed by atoms with E-state index < -0.39 is 41.2 Å². The molecular weight excluding hydrogens is 423 g/mol. The second-order valence-corrected chi connectivity index (χ2v) is 6.28. The Morgan fingerprint density at radius 2 is 1.86 bits per heavy atom. The molecule has 0 aliphatic carbocycles. The van der Waals surface area contributed by atoms with Gasteiger partial charge in [-0.1, -0.05) is 24.3 Å². The van der Waals surface area contributed by atoms with Gasteiger partial charge in [0.1, 0.15) is 17.3 Å². The van der Waals surface area contributed by atoms with Gasteiger partial charge in [-0.15, -0.1) is 0 Å². The van der Waals surface area contributed by atoms with Crippen LogP contribution < -0.4 is 9.47 Å². The Morgan fingerprint density at radius 3 is 2.45 bits per heavy atom. The topological polar surface area (TPSA) is 55.8 Å². The number of carboxylic acids is 1. The minimum atomic E-state index is -5.00. The first-order valence-corrected chi connectivity index (χ1v) is 8.20. The van der Waals surface area contributed by atoms with E-state index in [-0.39, 0.29) is 27.6 Å². The van der Waals surface area contributed by atoms with E-state index in [1.807, 2.05) is 0 Å². The Hall–Kier alpha value is -3.07. The molecule has 0 saturated heterocycles. The van der Waals surface area contributed by atoms with E-state index in [0.29, 0.717) is 0 Å². The Morgan fingerprint density at radius 1 is 1.17 bits per heavy atom. The minimum Gasteiger partial charge on any atom is -0.478 e. The highest BCUT2D eigenvalue weighted by molar-refractivity contribution is 6.32. The molecule has 10 heteroatoms. The number of fused-ring (bicyclic) bond motifs is 1. The number of carbonyl (C=O) groups is 1. The molecule has 0 amide bonds. The van der Waals surface area contributed by atoms with Crippen LogP contribution in [0.3, 0.4) is 0 Å². The molecule has 4 nitrogen and oxygen atoms in total. The maximum absolute atomic E-state index is 14.1. The van der Waals surface area contributed by atoms with Crippen LogP contribution in [-0.4, -0.2) is 23.4 Å². The van der Waals surface area contributed by atoms with Gasteiger partial charge in [-0.05, 0) is 18.2 Å². The van der Waals surface area contributed by atoms with Crippen LogP contribution in [0.15, 0.2) is 36.4 Å². The summed E-state index contributed by atoms with van der Waals surface area (Å²) in [6.07, 6.45) is -5.86. The summed E-state index contributed by atoms with van der Waals surface area (Å²) in [5, 5.41) is 8.84. The van der Waals surface area contributed by atoms with Crippen LogP contribution in [0, 0.1) is 11.6 Å². The van der Waals surface area contributed by atoms with Crippen LogP contribution >= 0.6 is 11.6 Å². The fourth-order valence-corrected chi connectivity index (χ4v) is 2.80. The molecule has 2 aromatic carbocycles. The zero-order valence-corrected chi connectivity index (χ0v) is 14.9. The lowest BCUT2D eigenvalue weighted by molar-refractivity contribution is -0.187. The van der Waals surface area contributed by atoms with Gasteiger partial charge in [0, 0.05) is 23.3 Å². The van der Waals surface area contributed by atoms with E-state index >= 15 is 0 Å². The first-order chi connectivity index (χ1) is 13.5. The molecule has 1 heterocycles. The number of alkyl halides is 3. The molecule has 1 N–H and O–H groups in total. The Kier molecular flexibility index (Phi) is 5.27. The summed E-state index contributed by atoms with van der Waals surface area (Å²) < 4.78 is 77.4. The molecular formula is C19H10ClF5O4. The molecule has 2 aromatic rings. The zero-order valence-electron chi connectivity index (χ0n) is 14.2. The van der Waals surface area contributed by atoms with Crippen molar-refractivity contribution in [2.45, 2.75) is 12.3 Å². The van der Waals surface area contributed by atoms with E-state index in [1.165, 1.54) is 0 Å². The van der Waals surface area contributed by atoms with Crippen molar-refractivity contribution in [3.05, 3.63) is 64.2 Å². The van der Waals surface area contributed by atoms with Crippen LogP contribution in [0.4, 0.5) is 22.0 Å². The largest absolute Gasteiger partial charge is 0.478 e. The van der Waals surface area contributed by atoms with Crippen LogP contribution in [0.25, 0.3) is 12.2 Å². The molecule has 0 saturated carbocycles. The molecule has 152 valence electrons. The normalized spacial score (nSPS) is 15.8. The SMILES string of the molecule is C=Cc1cc(F)c(Oc2cc3c(cc2Cl)C=C(C(=O)O)C(C(F)(F)F)O3)cc1F. The van der Waals surface area contributed by atoms with E-state index in [2.05, 4.69) is 6.58 Å². The van der Waals surface area contributed by atoms with Gasteiger partial charge >= 0.3 is 12.1 Å². The number of hydrogen-bond acceptors (Lipinski definition) is 3. The van der Waals surface area contributed by atoms with Crippen LogP contribution in [0.5, 0.6) is 17.2 Å². The zero-order chi connectivity index (χ0) is 21.5. The van der Waals surface area contributed by atoms with Crippen molar-refractivity contribution in [1.82, 2.24) is 0 Å². The summed E-state index contributed by atoms with van der Waals surface area (Å²) >= 11 is 6.00. The molecule has 1 aliphatic rings. The molecule has 0 bridgehead atoms. The van der Waals surface area contributed by atoms with E-state index in [0.717, 1.165) is 36.4 Å². The smallest absolute Gasteiger partial charge is 0.430 e. The maximum Gasteiger partial charge on any atom is 0.430 e. The van der Waals surface area contributed by atoms with Gasteiger partial charge in [0.05, 0.1) is 10.6 Å². The third kappa shape index (κ3) is 4.04.